The minimum atomic E-state index is -0.638. The van der Waals surface area contributed by atoms with Gasteiger partial charge in [-0.1, -0.05) is 0 Å². The molecule has 0 bridgehead atoms. The summed E-state index contributed by atoms with van der Waals surface area (Å²) in [5, 5.41) is 27.6. The van der Waals surface area contributed by atoms with Gasteiger partial charge in [0.15, 0.2) is 0 Å². The van der Waals surface area contributed by atoms with Gasteiger partial charge >= 0.3 is 0 Å². The molecule has 0 unspecified atom stereocenters. The molecule has 1 atom stereocenters. The number of hydrogen-bond acceptors (Lipinski definition) is 5. The molecule has 0 aromatic heterocycles. The SMILES string of the molecule is Cl.NC[C@H](N)c1c(O)cc(O)cc1O. The van der Waals surface area contributed by atoms with Crippen molar-refractivity contribution in [2.75, 3.05) is 6.54 Å². The standard InChI is InChI=1S/C8H12N2O3.ClH/c9-3-5(10)8-6(12)1-4(11)2-7(8)13;/h1-2,5,11-13H,3,9-10H2;1H/t5-;/m0./s1. The van der Waals surface area contributed by atoms with E-state index in [9.17, 15) is 10.2 Å². The van der Waals surface area contributed by atoms with E-state index in [1.165, 1.54) is 0 Å². The smallest absolute Gasteiger partial charge is 0.127 e. The summed E-state index contributed by atoms with van der Waals surface area (Å²) in [6.07, 6.45) is 0. The minimum Gasteiger partial charge on any atom is -0.508 e. The van der Waals surface area contributed by atoms with Crippen LogP contribution in [0.15, 0.2) is 12.1 Å². The Morgan fingerprint density at radius 3 is 1.93 bits per heavy atom. The van der Waals surface area contributed by atoms with Gasteiger partial charge in [-0.25, -0.2) is 0 Å². The van der Waals surface area contributed by atoms with Gasteiger partial charge in [-0.3, -0.25) is 0 Å². The van der Waals surface area contributed by atoms with Gasteiger partial charge in [-0.05, 0) is 0 Å². The molecule has 14 heavy (non-hydrogen) atoms. The maximum atomic E-state index is 9.32. The van der Waals surface area contributed by atoms with Gasteiger partial charge in [0.1, 0.15) is 17.2 Å². The van der Waals surface area contributed by atoms with E-state index in [0.717, 1.165) is 12.1 Å². The molecule has 7 N–H and O–H groups in total. The highest BCUT2D eigenvalue weighted by atomic mass is 35.5. The molecule has 0 radical (unpaired) electrons. The fourth-order valence-electron chi connectivity index (χ4n) is 1.11. The summed E-state index contributed by atoms with van der Waals surface area (Å²) in [6.45, 7) is 0.103. The lowest BCUT2D eigenvalue weighted by Crippen LogP contribution is -2.20. The van der Waals surface area contributed by atoms with Crippen LogP contribution in [-0.4, -0.2) is 21.9 Å². The van der Waals surface area contributed by atoms with E-state index < -0.39 is 6.04 Å². The topological polar surface area (TPSA) is 113 Å². The zero-order valence-corrected chi connectivity index (χ0v) is 8.16. The van der Waals surface area contributed by atoms with Gasteiger partial charge in [-0.2, -0.15) is 0 Å². The van der Waals surface area contributed by atoms with Crippen molar-refractivity contribution in [3.8, 4) is 17.2 Å². The minimum absolute atomic E-state index is 0. The molecule has 6 heteroatoms. The third-order valence-corrected chi connectivity index (χ3v) is 1.75. The average Bonchev–Trinajstić information content (AvgIpc) is 2.02. The van der Waals surface area contributed by atoms with Crippen LogP contribution in [0, 0.1) is 0 Å². The first-order valence-corrected chi connectivity index (χ1v) is 3.76. The molecule has 0 aliphatic heterocycles. The van der Waals surface area contributed by atoms with Crippen molar-refractivity contribution in [2.24, 2.45) is 11.5 Å². The summed E-state index contributed by atoms with van der Waals surface area (Å²) >= 11 is 0. The highest BCUT2D eigenvalue weighted by Gasteiger charge is 2.15. The summed E-state index contributed by atoms with van der Waals surface area (Å²) in [7, 11) is 0. The lowest BCUT2D eigenvalue weighted by molar-refractivity contribution is 0.412. The number of halogens is 1. The van der Waals surface area contributed by atoms with E-state index in [1.807, 2.05) is 0 Å². The van der Waals surface area contributed by atoms with E-state index in [2.05, 4.69) is 0 Å². The highest BCUT2D eigenvalue weighted by Crippen LogP contribution is 2.34. The second-order valence-electron chi connectivity index (χ2n) is 2.74. The number of phenols is 3. The maximum Gasteiger partial charge on any atom is 0.127 e. The summed E-state index contributed by atoms with van der Waals surface area (Å²) in [5.74, 6) is -0.728. The number of phenolic OH excluding ortho intramolecular Hbond substituents is 3. The van der Waals surface area contributed by atoms with Crippen LogP contribution in [0.1, 0.15) is 11.6 Å². The van der Waals surface area contributed by atoms with Crippen molar-refractivity contribution in [2.45, 2.75) is 6.04 Å². The van der Waals surface area contributed by atoms with Crippen molar-refractivity contribution < 1.29 is 15.3 Å². The predicted octanol–water partition coefficient (Wildman–Crippen LogP) is 0.184. The summed E-state index contributed by atoms with van der Waals surface area (Å²) in [6, 6.07) is 1.57. The Hall–Kier alpha value is -1.17. The van der Waals surface area contributed by atoms with Crippen LogP contribution in [0.2, 0.25) is 0 Å². The quantitative estimate of drug-likeness (QED) is 0.488. The van der Waals surface area contributed by atoms with Gasteiger partial charge in [0, 0.05) is 24.7 Å². The van der Waals surface area contributed by atoms with Crippen molar-refractivity contribution in [3.05, 3.63) is 17.7 Å². The Kier molecular flexibility index (Phi) is 4.49. The summed E-state index contributed by atoms with van der Waals surface area (Å²) < 4.78 is 0. The average molecular weight is 221 g/mol. The van der Waals surface area contributed by atoms with Crippen molar-refractivity contribution in [1.29, 1.82) is 0 Å². The Morgan fingerprint density at radius 2 is 1.57 bits per heavy atom. The van der Waals surface area contributed by atoms with Crippen LogP contribution in [-0.2, 0) is 0 Å². The van der Waals surface area contributed by atoms with E-state index in [0.29, 0.717) is 0 Å². The zero-order valence-electron chi connectivity index (χ0n) is 7.34. The fraction of sp³-hybridized carbons (Fsp3) is 0.250. The number of rotatable bonds is 2. The first-order chi connectivity index (χ1) is 6.06. The monoisotopic (exact) mass is 220 g/mol. The lowest BCUT2D eigenvalue weighted by Gasteiger charge is -2.13. The van der Waals surface area contributed by atoms with Crippen LogP contribution in [0.3, 0.4) is 0 Å². The third-order valence-electron chi connectivity index (χ3n) is 1.75. The van der Waals surface area contributed by atoms with Crippen LogP contribution in [0.25, 0.3) is 0 Å². The normalized spacial score (nSPS) is 11.9. The van der Waals surface area contributed by atoms with Gasteiger partial charge in [-0.15, -0.1) is 12.4 Å². The fourth-order valence-corrected chi connectivity index (χ4v) is 1.11. The van der Waals surface area contributed by atoms with Crippen LogP contribution >= 0.6 is 12.4 Å². The number of hydrogen-bond donors (Lipinski definition) is 5. The van der Waals surface area contributed by atoms with Gasteiger partial charge < -0.3 is 26.8 Å². The Morgan fingerprint density at radius 1 is 1.14 bits per heavy atom. The molecule has 1 aromatic carbocycles. The maximum absolute atomic E-state index is 9.32. The van der Waals surface area contributed by atoms with Crippen molar-refractivity contribution in [1.82, 2.24) is 0 Å². The van der Waals surface area contributed by atoms with E-state index in [4.69, 9.17) is 16.6 Å². The number of nitrogens with two attached hydrogens (primary N) is 2. The summed E-state index contributed by atoms with van der Waals surface area (Å²) in [5.41, 5.74) is 10.9. The zero-order chi connectivity index (χ0) is 10.0. The molecular weight excluding hydrogens is 208 g/mol. The van der Waals surface area contributed by atoms with E-state index in [-0.39, 0.29) is 41.8 Å². The summed E-state index contributed by atoms with van der Waals surface area (Å²) in [4.78, 5) is 0. The molecule has 5 nitrogen and oxygen atoms in total. The molecule has 0 saturated carbocycles. The first-order valence-electron chi connectivity index (χ1n) is 3.76. The van der Waals surface area contributed by atoms with Crippen molar-refractivity contribution in [3.63, 3.8) is 0 Å². The highest BCUT2D eigenvalue weighted by molar-refractivity contribution is 5.85. The molecule has 0 saturated heterocycles. The second-order valence-corrected chi connectivity index (χ2v) is 2.74. The Balaban J connectivity index is 0.00000169. The van der Waals surface area contributed by atoms with Gasteiger partial charge in [0.2, 0.25) is 0 Å². The first kappa shape index (κ1) is 12.8. The number of aromatic hydroxyl groups is 3. The predicted molar refractivity (Wildman–Crippen MR) is 54.7 cm³/mol. The largest absolute Gasteiger partial charge is 0.508 e. The molecule has 0 aliphatic rings. The molecule has 0 amide bonds. The molecule has 0 aliphatic carbocycles. The van der Waals surface area contributed by atoms with E-state index in [1.54, 1.807) is 0 Å². The molecule has 0 fully saturated rings. The molecule has 0 spiro atoms. The van der Waals surface area contributed by atoms with Crippen LogP contribution in [0.5, 0.6) is 17.2 Å². The number of benzene rings is 1. The molecule has 1 aromatic rings. The second kappa shape index (κ2) is 4.90. The Bertz CT molecular complexity index is 296. The molecule has 1 rings (SSSR count). The Labute approximate surface area is 87.4 Å². The molecule has 0 heterocycles. The van der Waals surface area contributed by atoms with Gasteiger partial charge in [0.05, 0.1) is 5.56 Å². The third kappa shape index (κ3) is 2.41. The van der Waals surface area contributed by atoms with Crippen LogP contribution < -0.4 is 11.5 Å². The van der Waals surface area contributed by atoms with Crippen LogP contribution in [0.4, 0.5) is 0 Å². The van der Waals surface area contributed by atoms with Gasteiger partial charge in [0.25, 0.3) is 0 Å². The van der Waals surface area contributed by atoms with Crippen molar-refractivity contribution >= 4 is 12.4 Å². The lowest BCUT2D eigenvalue weighted by atomic mass is 10.1. The molecular formula is C8H13ClN2O3. The molecule has 80 valence electrons. The van der Waals surface area contributed by atoms with E-state index >= 15 is 0 Å².